The Balaban J connectivity index is 1.50. The topological polar surface area (TPSA) is 33.2 Å². The van der Waals surface area contributed by atoms with E-state index in [1.165, 1.54) is 23.3 Å². The zero-order valence-corrected chi connectivity index (χ0v) is 14.5. The lowest BCUT2D eigenvalue weighted by Gasteiger charge is -2.31. The van der Waals surface area contributed by atoms with Crippen molar-refractivity contribution in [3.05, 3.63) is 52.0 Å². The molecular formula is C19H24N2OS. The largest absolute Gasteiger partial charge is 0.299 e. The van der Waals surface area contributed by atoms with Crippen LogP contribution in [0.15, 0.2) is 36.5 Å². The van der Waals surface area contributed by atoms with Gasteiger partial charge in [-0.1, -0.05) is 37.3 Å². The molecule has 1 aliphatic heterocycles. The van der Waals surface area contributed by atoms with Gasteiger partial charge in [0, 0.05) is 24.0 Å². The van der Waals surface area contributed by atoms with Crippen LogP contribution in [0.25, 0.3) is 0 Å². The van der Waals surface area contributed by atoms with E-state index in [1.54, 1.807) is 11.3 Å². The van der Waals surface area contributed by atoms with Crippen molar-refractivity contribution in [3.63, 3.8) is 0 Å². The van der Waals surface area contributed by atoms with E-state index >= 15 is 0 Å². The molecule has 3 rings (SSSR count). The summed E-state index contributed by atoms with van der Waals surface area (Å²) in [4.78, 5) is 19.7. The molecule has 0 radical (unpaired) electrons. The molecule has 1 aliphatic rings. The van der Waals surface area contributed by atoms with E-state index in [4.69, 9.17) is 0 Å². The second kappa shape index (κ2) is 7.84. The summed E-state index contributed by atoms with van der Waals surface area (Å²) in [5.74, 6) is 0.973. The van der Waals surface area contributed by atoms with Crippen LogP contribution in [0.1, 0.15) is 47.6 Å². The predicted octanol–water partition coefficient (Wildman–Crippen LogP) is 4.04. The fraction of sp³-hybridized carbons (Fsp3) is 0.474. The lowest BCUT2D eigenvalue weighted by atomic mass is 9.89. The molecule has 0 amide bonds. The Morgan fingerprint density at radius 1 is 1.26 bits per heavy atom. The third kappa shape index (κ3) is 4.49. The van der Waals surface area contributed by atoms with Gasteiger partial charge in [-0.2, -0.15) is 0 Å². The van der Waals surface area contributed by atoms with E-state index in [0.29, 0.717) is 18.8 Å². The van der Waals surface area contributed by atoms with E-state index in [2.05, 4.69) is 40.2 Å². The number of aromatic nitrogens is 1. The van der Waals surface area contributed by atoms with Crippen LogP contribution in [-0.4, -0.2) is 28.8 Å². The smallest absolute Gasteiger partial charge is 0.139 e. The normalized spacial score (nSPS) is 16.6. The van der Waals surface area contributed by atoms with Crippen LogP contribution in [0, 0.1) is 0 Å². The number of thiazole rings is 1. The van der Waals surface area contributed by atoms with E-state index in [1.807, 2.05) is 13.1 Å². The molecule has 3 nitrogen and oxygen atoms in total. The Bertz CT molecular complexity index is 630. The van der Waals surface area contributed by atoms with Crippen LogP contribution < -0.4 is 0 Å². The monoisotopic (exact) mass is 328 g/mol. The standard InChI is InChI=1S/C19H24N2OS/c1-2-17(22)12-19-20-13-18(23-19)14-21-10-8-16(9-11-21)15-6-4-3-5-7-15/h3-7,13,16H,2,8-12,14H2,1H3. The van der Waals surface area contributed by atoms with E-state index < -0.39 is 0 Å². The minimum absolute atomic E-state index is 0.273. The van der Waals surface area contributed by atoms with Gasteiger partial charge in [0.05, 0.1) is 6.42 Å². The molecule has 0 atom stereocenters. The first-order chi connectivity index (χ1) is 11.2. The van der Waals surface area contributed by atoms with Crippen molar-refractivity contribution in [3.8, 4) is 0 Å². The van der Waals surface area contributed by atoms with Crippen molar-refractivity contribution in [2.75, 3.05) is 13.1 Å². The molecule has 23 heavy (non-hydrogen) atoms. The molecule has 1 saturated heterocycles. The lowest BCUT2D eigenvalue weighted by Crippen LogP contribution is -2.32. The predicted molar refractivity (Wildman–Crippen MR) is 94.8 cm³/mol. The average Bonchev–Trinajstić information content (AvgIpc) is 3.03. The van der Waals surface area contributed by atoms with E-state index in [-0.39, 0.29) is 5.78 Å². The highest BCUT2D eigenvalue weighted by atomic mass is 32.1. The van der Waals surface area contributed by atoms with Crippen LogP contribution >= 0.6 is 11.3 Å². The Morgan fingerprint density at radius 2 is 2.00 bits per heavy atom. The maximum atomic E-state index is 11.5. The first-order valence-corrected chi connectivity index (χ1v) is 9.29. The zero-order chi connectivity index (χ0) is 16.1. The van der Waals surface area contributed by atoms with Crippen molar-refractivity contribution < 1.29 is 4.79 Å². The Kier molecular flexibility index (Phi) is 5.57. The molecule has 1 aromatic carbocycles. The van der Waals surface area contributed by atoms with Gasteiger partial charge in [0.25, 0.3) is 0 Å². The number of Topliss-reactive ketones (excluding diaryl/α,β-unsaturated/α-hetero) is 1. The van der Waals surface area contributed by atoms with Gasteiger partial charge in [-0.3, -0.25) is 9.69 Å². The molecule has 0 N–H and O–H groups in total. The molecule has 2 aromatic rings. The van der Waals surface area contributed by atoms with E-state index in [9.17, 15) is 4.79 Å². The van der Waals surface area contributed by atoms with Crippen LogP contribution in [0.4, 0.5) is 0 Å². The summed E-state index contributed by atoms with van der Waals surface area (Å²) in [6.07, 6.45) is 5.50. The Morgan fingerprint density at radius 3 is 2.70 bits per heavy atom. The summed E-state index contributed by atoms with van der Waals surface area (Å²) < 4.78 is 0. The van der Waals surface area contributed by atoms with Gasteiger partial charge in [-0.05, 0) is 37.4 Å². The third-order valence-corrected chi connectivity index (χ3v) is 5.56. The van der Waals surface area contributed by atoms with Gasteiger partial charge in [-0.15, -0.1) is 11.3 Å². The molecule has 1 fully saturated rings. The number of hydrogen-bond donors (Lipinski definition) is 0. The molecule has 0 saturated carbocycles. The number of likely N-dealkylation sites (tertiary alicyclic amines) is 1. The zero-order valence-electron chi connectivity index (χ0n) is 13.7. The number of ketones is 1. The SMILES string of the molecule is CCC(=O)Cc1ncc(CN2CCC(c3ccccc3)CC2)s1. The average molecular weight is 328 g/mol. The molecule has 0 bridgehead atoms. The summed E-state index contributed by atoms with van der Waals surface area (Å²) in [6.45, 7) is 5.16. The molecule has 4 heteroatoms. The number of carbonyl (C=O) groups is 1. The maximum Gasteiger partial charge on any atom is 0.139 e. The summed E-state index contributed by atoms with van der Waals surface area (Å²) in [5, 5.41) is 0.964. The highest BCUT2D eigenvalue weighted by molar-refractivity contribution is 7.11. The summed E-state index contributed by atoms with van der Waals surface area (Å²) in [6, 6.07) is 10.9. The minimum Gasteiger partial charge on any atom is -0.299 e. The molecule has 0 spiro atoms. The number of nitrogens with zero attached hydrogens (tertiary/aromatic N) is 2. The van der Waals surface area contributed by atoms with Gasteiger partial charge < -0.3 is 0 Å². The number of carbonyl (C=O) groups excluding carboxylic acids is 1. The summed E-state index contributed by atoms with van der Waals surface area (Å²) in [5.41, 5.74) is 1.48. The lowest BCUT2D eigenvalue weighted by molar-refractivity contribution is -0.118. The van der Waals surface area contributed by atoms with Gasteiger partial charge in [0.1, 0.15) is 10.8 Å². The summed E-state index contributed by atoms with van der Waals surface area (Å²) >= 11 is 1.69. The first kappa shape index (κ1) is 16.3. The molecule has 122 valence electrons. The quantitative estimate of drug-likeness (QED) is 0.802. The third-order valence-electron chi connectivity index (χ3n) is 4.58. The molecule has 2 heterocycles. The Labute approximate surface area is 142 Å². The first-order valence-electron chi connectivity index (χ1n) is 8.47. The maximum absolute atomic E-state index is 11.5. The van der Waals surface area contributed by atoms with Gasteiger partial charge >= 0.3 is 0 Å². The van der Waals surface area contributed by atoms with Crippen LogP contribution in [0.5, 0.6) is 0 Å². The minimum atomic E-state index is 0.273. The van der Waals surface area contributed by atoms with Crippen molar-refractivity contribution in [1.82, 2.24) is 9.88 Å². The van der Waals surface area contributed by atoms with Crippen LogP contribution in [-0.2, 0) is 17.8 Å². The van der Waals surface area contributed by atoms with Gasteiger partial charge in [0.15, 0.2) is 0 Å². The van der Waals surface area contributed by atoms with E-state index in [0.717, 1.165) is 24.6 Å². The van der Waals surface area contributed by atoms with Gasteiger partial charge in [-0.25, -0.2) is 4.98 Å². The molecular weight excluding hydrogens is 304 g/mol. The fourth-order valence-corrected chi connectivity index (χ4v) is 4.16. The number of rotatable bonds is 6. The number of hydrogen-bond acceptors (Lipinski definition) is 4. The van der Waals surface area contributed by atoms with Crippen LogP contribution in [0.3, 0.4) is 0 Å². The molecule has 1 aromatic heterocycles. The van der Waals surface area contributed by atoms with Crippen molar-refractivity contribution in [1.29, 1.82) is 0 Å². The fourth-order valence-electron chi connectivity index (χ4n) is 3.17. The second-order valence-electron chi connectivity index (χ2n) is 6.25. The number of piperidine rings is 1. The van der Waals surface area contributed by atoms with Crippen molar-refractivity contribution in [2.24, 2.45) is 0 Å². The summed E-state index contributed by atoms with van der Waals surface area (Å²) in [7, 11) is 0. The highest BCUT2D eigenvalue weighted by Gasteiger charge is 2.21. The number of benzene rings is 1. The molecule has 0 unspecified atom stereocenters. The van der Waals surface area contributed by atoms with Crippen molar-refractivity contribution >= 4 is 17.1 Å². The Hall–Kier alpha value is -1.52. The van der Waals surface area contributed by atoms with Crippen molar-refractivity contribution in [2.45, 2.75) is 45.1 Å². The second-order valence-corrected chi connectivity index (χ2v) is 7.45. The molecule has 0 aliphatic carbocycles. The van der Waals surface area contributed by atoms with Gasteiger partial charge in [0.2, 0.25) is 0 Å². The van der Waals surface area contributed by atoms with Crippen LogP contribution in [0.2, 0.25) is 0 Å². The highest BCUT2D eigenvalue weighted by Crippen LogP contribution is 2.29.